The normalized spacial score (nSPS) is 24.2. The lowest BCUT2D eigenvalue weighted by Crippen LogP contribution is -2.24. The number of nitrogens with one attached hydrogen (secondary N) is 1. The van der Waals surface area contributed by atoms with E-state index in [0.29, 0.717) is 23.5 Å². The van der Waals surface area contributed by atoms with Crippen LogP contribution in [-0.2, 0) is 9.84 Å². The lowest BCUT2D eigenvalue weighted by atomic mass is 9.98. The van der Waals surface area contributed by atoms with Gasteiger partial charge in [-0.1, -0.05) is 13.0 Å². The summed E-state index contributed by atoms with van der Waals surface area (Å²) >= 11 is 1.75. The van der Waals surface area contributed by atoms with Crippen molar-refractivity contribution in [2.75, 3.05) is 18.1 Å². The zero-order chi connectivity index (χ0) is 13.0. The molecule has 1 N–H and O–H groups in total. The molecule has 1 fully saturated rings. The molecular weight excluding hydrogens is 266 g/mol. The Morgan fingerprint density at radius 1 is 1.56 bits per heavy atom. The maximum absolute atomic E-state index is 11.5. The Morgan fingerprint density at radius 3 is 2.94 bits per heavy atom. The molecule has 0 aliphatic carbocycles. The molecule has 3 nitrogen and oxygen atoms in total. The first-order valence-corrected chi connectivity index (χ1v) is 9.28. The lowest BCUT2D eigenvalue weighted by Gasteiger charge is -2.20. The molecule has 18 heavy (non-hydrogen) atoms. The van der Waals surface area contributed by atoms with Crippen LogP contribution in [0.4, 0.5) is 0 Å². The highest BCUT2D eigenvalue weighted by molar-refractivity contribution is 7.91. The van der Waals surface area contributed by atoms with E-state index in [1.807, 2.05) is 0 Å². The van der Waals surface area contributed by atoms with Crippen LogP contribution in [0.1, 0.15) is 37.1 Å². The fraction of sp³-hybridized carbons (Fsp3) is 0.692. The summed E-state index contributed by atoms with van der Waals surface area (Å²) in [5.74, 6) is 1.08. The van der Waals surface area contributed by atoms with Gasteiger partial charge in [-0.2, -0.15) is 0 Å². The van der Waals surface area contributed by atoms with E-state index in [1.165, 1.54) is 4.88 Å². The molecule has 1 aliphatic heterocycles. The average Bonchev–Trinajstić information content (AvgIpc) is 2.94. The van der Waals surface area contributed by atoms with Crippen molar-refractivity contribution in [3.05, 3.63) is 22.4 Å². The summed E-state index contributed by atoms with van der Waals surface area (Å²) in [6.07, 6.45) is 2.88. The van der Waals surface area contributed by atoms with Crippen molar-refractivity contribution < 1.29 is 8.42 Å². The first kappa shape index (κ1) is 14.0. The highest BCUT2D eigenvalue weighted by Gasteiger charge is 2.30. The minimum atomic E-state index is -2.75. The highest BCUT2D eigenvalue weighted by Crippen LogP contribution is 2.30. The minimum Gasteiger partial charge on any atom is -0.309 e. The van der Waals surface area contributed by atoms with Gasteiger partial charge in [0, 0.05) is 10.9 Å². The van der Waals surface area contributed by atoms with Crippen LogP contribution in [-0.4, -0.2) is 26.5 Å². The number of sulfone groups is 1. The van der Waals surface area contributed by atoms with Crippen LogP contribution < -0.4 is 5.32 Å². The smallest absolute Gasteiger partial charge is 0.150 e. The van der Waals surface area contributed by atoms with E-state index in [4.69, 9.17) is 0 Å². The van der Waals surface area contributed by atoms with E-state index in [1.54, 1.807) is 11.3 Å². The van der Waals surface area contributed by atoms with E-state index in [-0.39, 0.29) is 0 Å². The Morgan fingerprint density at radius 2 is 2.39 bits per heavy atom. The van der Waals surface area contributed by atoms with Gasteiger partial charge in [-0.25, -0.2) is 8.42 Å². The van der Waals surface area contributed by atoms with Crippen LogP contribution >= 0.6 is 11.3 Å². The lowest BCUT2D eigenvalue weighted by molar-refractivity contribution is 0.419. The standard InChI is InChI=1S/C13H21NO2S2/c1-2-6-14-12(13-4-3-7-17-13)9-11-5-8-18(15,16)10-11/h3-4,7,11-12,14H,2,5-6,8-10H2,1H3. The van der Waals surface area contributed by atoms with Crippen LogP contribution in [0, 0.1) is 5.92 Å². The Bertz CT molecular complexity index is 453. The fourth-order valence-electron chi connectivity index (χ4n) is 2.50. The monoisotopic (exact) mass is 287 g/mol. The van der Waals surface area contributed by atoms with Crippen molar-refractivity contribution in [3.8, 4) is 0 Å². The number of hydrogen-bond acceptors (Lipinski definition) is 4. The first-order chi connectivity index (χ1) is 8.61. The van der Waals surface area contributed by atoms with Crippen molar-refractivity contribution in [2.24, 2.45) is 5.92 Å². The van der Waals surface area contributed by atoms with Gasteiger partial charge in [0.15, 0.2) is 9.84 Å². The molecule has 0 spiro atoms. The SMILES string of the molecule is CCCNC(CC1CCS(=O)(=O)C1)c1cccs1. The van der Waals surface area contributed by atoms with Gasteiger partial charge >= 0.3 is 0 Å². The molecule has 1 aromatic rings. The molecule has 1 saturated heterocycles. The molecule has 2 heterocycles. The second kappa shape index (κ2) is 6.17. The van der Waals surface area contributed by atoms with E-state index in [2.05, 4.69) is 29.8 Å². The van der Waals surface area contributed by atoms with E-state index < -0.39 is 9.84 Å². The molecule has 0 radical (unpaired) electrons. The maximum Gasteiger partial charge on any atom is 0.150 e. The molecule has 0 aromatic carbocycles. The molecule has 5 heteroatoms. The number of hydrogen-bond donors (Lipinski definition) is 1. The third-order valence-corrected chi connectivity index (χ3v) is 6.25. The highest BCUT2D eigenvalue weighted by atomic mass is 32.2. The molecule has 1 aromatic heterocycles. The Balaban J connectivity index is 1.98. The molecule has 1 aliphatic rings. The molecule has 102 valence electrons. The largest absolute Gasteiger partial charge is 0.309 e. The maximum atomic E-state index is 11.5. The van der Waals surface area contributed by atoms with Gasteiger partial charge in [-0.15, -0.1) is 11.3 Å². The Kier molecular flexibility index (Phi) is 4.81. The Hall–Kier alpha value is -0.390. The van der Waals surface area contributed by atoms with Crippen LogP contribution in [0.25, 0.3) is 0 Å². The first-order valence-electron chi connectivity index (χ1n) is 6.58. The van der Waals surface area contributed by atoms with Crippen LogP contribution in [0.2, 0.25) is 0 Å². The summed E-state index contributed by atoms with van der Waals surface area (Å²) in [6, 6.07) is 4.52. The molecule has 2 unspecified atom stereocenters. The third kappa shape index (κ3) is 3.80. The van der Waals surface area contributed by atoms with Crippen LogP contribution in [0.15, 0.2) is 17.5 Å². The zero-order valence-electron chi connectivity index (χ0n) is 10.8. The summed E-state index contributed by atoms with van der Waals surface area (Å²) in [4.78, 5) is 1.33. The Labute approximate surface area is 114 Å². The third-order valence-electron chi connectivity index (χ3n) is 3.42. The predicted octanol–water partition coefficient (Wildman–Crippen LogP) is 2.61. The second-order valence-corrected chi connectivity index (χ2v) is 8.23. The molecule has 0 bridgehead atoms. The number of thiophene rings is 1. The second-order valence-electron chi connectivity index (χ2n) is 5.03. The van der Waals surface area contributed by atoms with E-state index in [0.717, 1.165) is 25.8 Å². The fourth-order valence-corrected chi connectivity index (χ4v) is 5.19. The molecular formula is C13H21NO2S2. The summed E-state index contributed by atoms with van der Waals surface area (Å²) in [5.41, 5.74) is 0. The van der Waals surface area contributed by atoms with Gasteiger partial charge in [-0.05, 0) is 43.2 Å². The number of rotatable bonds is 6. The van der Waals surface area contributed by atoms with Crippen LogP contribution in [0.3, 0.4) is 0 Å². The van der Waals surface area contributed by atoms with Gasteiger partial charge < -0.3 is 5.32 Å². The van der Waals surface area contributed by atoms with Gasteiger partial charge in [0.25, 0.3) is 0 Å². The predicted molar refractivity (Wildman–Crippen MR) is 76.7 cm³/mol. The summed E-state index contributed by atoms with van der Waals surface area (Å²) in [7, 11) is -2.75. The molecule has 2 atom stereocenters. The van der Waals surface area contributed by atoms with Gasteiger partial charge in [0.05, 0.1) is 11.5 Å². The van der Waals surface area contributed by atoms with Gasteiger partial charge in [0.2, 0.25) is 0 Å². The summed E-state index contributed by atoms with van der Waals surface area (Å²) in [6.45, 7) is 3.14. The summed E-state index contributed by atoms with van der Waals surface area (Å²) in [5, 5.41) is 5.63. The molecule has 0 amide bonds. The minimum absolute atomic E-state index is 0.322. The van der Waals surface area contributed by atoms with Crippen molar-refractivity contribution in [2.45, 2.75) is 32.2 Å². The van der Waals surface area contributed by atoms with Crippen molar-refractivity contribution in [3.63, 3.8) is 0 Å². The van der Waals surface area contributed by atoms with Gasteiger partial charge in [-0.3, -0.25) is 0 Å². The molecule has 2 rings (SSSR count). The van der Waals surface area contributed by atoms with Gasteiger partial charge in [0.1, 0.15) is 0 Å². The van der Waals surface area contributed by atoms with E-state index >= 15 is 0 Å². The zero-order valence-corrected chi connectivity index (χ0v) is 12.4. The topological polar surface area (TPSA) is 46.2 Å². The van der Waals surface area contributed by atoms with Crippen molar-refractivity contribution in [1.29, 1.82) is 0 Å². The average molecular weight is 287 g/mol. The van der Waals surface area contributed by atoms with E-state index in [9.17, 15) is 8.42 Å². The quantitative estimate of drug-likeness (QED) is 0.875. The van der Waals surface area contributed by atoms with Crippen LogP contribution in [0.5, 0.6) is 0 Å². The summed E-state index contributed by atoms with van der Waals surface area (Å²) < 4.78 is 23.0. The van der Waals surface area contributed by atoms with Crippen molar-refractivity contribution >= 4 is 21.2 Å². The van der Waals surface area contributed by atoms with Crippen molar-refractivity contribution in [1.82, 2.24) is 5.32 Å². The molecule has 0 saturated carbocycles.